The molecular formula is C26H41B2F3N4O5. The van der Waals surface area contributed by atoms with Gasteiger partial charge in [0, 0.05) is 56.0 Å². The average molecular weight is 568 g/mol. The fourth-order valence-electron chi connectivity index (χ4n) is 5.09. The maximum Gasteiger partial charge on any atom is 0.498 e. The zero-order chi connectivity index (χ0) is 29.8. The number of hydrogen-bond donors (Lipinski definition) is 0. The Bertz CT molecular complexity index is 1170. The number of aromatic nitrogens is 4. The van der Waals surface area contributed by atoms with Crippen LogP contribution < -0.4 is 10.9 Å². The van der Waals surface area contributed by atoms with E-state index in [4.69, 9.17) is 23.4 Å². The third-order valence-electron chi connectivity index (χ3n) is 8.80. The normalized spacial score (nSPS) is 25.5. The molecular weight excluding hydrogens is 527 g/mol. The Morgan fingerprint density at radius 2 is 1.32 bits per heavy atom. The average Bonchev–Trinajstić information content (AvgIpc) is 3.54. The minimum absolute atomic E-state index is 0.347. The van der Waals surface area contributed by atoms with Crippen LogP contribution >= 0.6 is 0 Å². The Morgan fingerprint density at radius 3 is 1.88 bits per heavy atom. The van der Waals surface area contributed by atoms with Crippen molar-refractivity contribution in [3.05, 3.63) is 24.8 Å². The Kier molecular flexibility index (Phi) is 8.12. The van der Waals surface area contributed by atoms with Gasteiger partial charge < -0.3 is 23.4 Å². The van der Waals surface area contributed by atoms with Gasteiger partial charge in [-0.05, 0) is 68.2 Å². The van der Waals surface area contributed by atoms with Crippen LogP contribution in [0.15, 0.2) is 24.8 Å². The van der Waals surface area contributed by atoms with E-state index < -0.39 is 54.8 Å². The van der Waals surface area contributed by atoms with Crippen LogP contribution in [0, 0.1) is 5.41 Å². The molecule has 0 N–H and O–H groups in total. The number of ether oxygens (including phenoxy) is 1. The zero-order valence-electron chi connectivity index (χ0n) is 25.0. The van der Waals surface area contributed by atoms with Gasteiger partial charge in [-0.3, -0.25) is 9.36 Å². The highest BCUT2D eigenvalue weighted by Crippen LogP contribution is 2.51. The summed E-state index contributed by atoms with van der Waals surface area (Å²) < 4.78 is 76.9. The lowest BCUT2D eigenvalue weighted by Gasteiger charge is -2.43. The fourth-order valence-corrected chi connectivity index (χ4v) is 5.09. The lowest BCUT2D eigenvalue weighted by atomic mass is 9.72. The monoisotopic (exact) mass is 568 g/mol. The largest absolute Gasteiger partial charge is 0.498 e. The molecule has 2 saturated heterocycles. The van der Waals surface area contributed by atoms with Crippen LogP contribution in [0.5, 0.6) is 0 Å². The van der Waals surface area contributed by atoms with Gasteiger partial charge >= 0.3 is 20.4 Å². The van der Waals surface area contributed by atoms with Gasteiger partial charge in [0.2, 0.25) is 0 Å². The number of rotatable bonds is 10. The Labute approximate surface area is 235 Å². The number of aryl methyl sites for hydroxylation is 1. The quantitative estimate of drug-likeness (QED) is 0.322. The molecule has 4 rings (SSSR count). The van der Waals surface area contributed by atoms with E-state index in [1.807, 2.05) is 27.7 Å². The molecule has 0 saturated carbocycles. The number of methoxy groups -OCH3 is 1. The molecule has 14 heteroatoms. The van der Waals surface area contributed by atoms with E-state index >= 15 is 0 Å². The van der Waals surface area contributed by atoms with Crippen molar-refractivity contribution in [2.45, 2.75) is 110 Å². The Hall–Kier alpha value is -1.86. The summed E-state index contributed by atoms with van der Waals surface area (Å²) in [6, 6.07) is 0. The van der Waals surface area contributed by atoms with Gasteiger partial charge in [0.05, 0.1) is 34.4 Å². The molecule has 2 aliphatic heterocycles. The molecule has 0 aromatic carbocycles. The molecule has 2 aliphatic rings. The molecule has 0 radical (unpaired) electrons. The van der Waals surface area contributed by atoms with Crippen LogP contribution in [0.3, 0.4) is 0 Å². The number of alkyl halides is 3. The molecule has 2 aromatic heterocycles. The van der Waals surface area contributed by atoms with Crippen molar-refractivity contribution in [2.24, 2.45) is 5.41 Å². The molecule has 9 nitrogen and oxygen atoms in total. The van der Waals surface area contributed by atoms with Crippen molar-refractivity contribution < 1.29 is 36.5 Å². The van der Waals surface area contributed by atoms with Gasteiger partial charge in [0.15, 0.2) is 0 Å². The highest BCUT2D eigenvalue weighted by atomic mass is 19.4. The SMILES string of the molecule is COCCCn1cc(B2OC(C)(C)C(C)(CC(C)(Cn3cc(B4OC(C)(C)C(C)(C)O4)cn3)C(F)(F)F)O2)cn1. The van der Waals surface area contributed by atoms with Crippen LogP contribution in [-0.4, -0.2) is 76.1 Å². The topological polar surface area (TPSA) is 81.8 Å². The molecule has 0 amide bonds. The predicted molar refractivity (Wildman–Crippen MR) is 145 cm³/mol. The predicted octanol–water partition coefficient (Wildman–Crippen LogP) is 3.35. The summed E-state index contributed by atoms with van der Waals surface area (Å²) in [5.41, 5.74) is -4.38. The maximum atomic E-state index is 14.7. The molecule has 40 heavy (non-hydrogen) atoms. The van der Waals surface area contributed by atoms with Crippen molar-refractivity contribution >= 4 is 25.2 Å². The lowest BCUT2D eigenvalue weighted by Crippen LogP contribution is -2.52. The second-order valence-electron chi connectivity index (χ2n) is 13.0. The summed E-state index contributed by atoms with van der Waals surface area (Å²) in [4.78, 5) is 0. The summed E-state index contributed by atoms with van der Waals surface area (Å²) in [5, 5.41) is 8.59. The molecule has 0 spiro atoms. The third-order valence-corrected chi connectivity index (χ3v) is 8.80. The van der Waals surface area contributed by atoms with Crippen LogP contribution in [0.1, 0.15) is 68.2 Å². The van der Waals surface area contributed by atoms with E-state index in [1.54, 1.807) is 51.2 Å². The van der Waals surface area contributed by atoms with Crippen LogP contribution in [0.25, 0.3) is 0 Å². The van der Waals surface area contributed by atoms with Crippen molar-refractivity contribution in [2.75, 3.05) is 13.7 Å². The summed E-state index contributed by atoms with van der Waals surface area (Å²) >= 11 is 0. The van der Waals surface area contributed by atoms with Crippen LogP contribution in [-0.2, 0) is 36.4 Å². The smallest absolute Gasteiger partial charge is 0.399 e. The van der Waals surface area contributed by atoms with E-state index in [9.17, 15) is 13.2 Å². The first kappa shape index (κ1) is 31.1. The molecule has 2 fully saturated rings. The molecule has 2 unspecified atom stereocenters. The second-order valence-corrected chi connectivity index (χ2v) is 13.0. The molecule has 2 atom stereocenters. The zero-order valence-corrected chi connectivity index (χ0v) is 25.0. The van der Waals surface area contributed by atoms with Crippen molar-refractivity contribution in [3.8, 4) is 0 Å². The Balaban J connectivity index is 1.52. The van der Waals surface area contributed by atoms with Crippen molar-refractivity contribution in [1.29, 1.82) is 0 Å². The minimum Gasteiger partial charge on any atom is -0.399 e. The molecule has 2 aromatic rings. The van der Waals surface area contributed by atoms with E-state index in [0.717, 1.165) is 6.42 Å². The summed E-state index contributed by atoms with van der Waals surface area (Å²) in [6.07, 6.45) is 2.37. The Morgan fingerprint density at radius 1 is 0.825 bits per heavy atom. The molecule has 0 aliphatic carbocycles. The first-order chi connectivity index (χ1) is 18.3. The van der Waals surface area contributed by atoms with Crippen LogP contribution in [0.2, 0.25) is 0 Å². The first-order valence-corrected chi connectivity index (χ1v) is 13.6. The van der Waals surface area contributed by atoms with Crippen molar-refractivity contribution in [1.82, 2.24) is 19.6 Å². The first-order valence-electron chi connectivity index (χ1n) is 13.6. The van der Waals surface area contributed by atoms with Gasteiger partial charge in [-0.15, -0.1) is 0 Å². The summed E-state index contributed by atoms with van der Waals surface area (Å²) in [5.74, 6) is 0. The van der Waals surface area contributed by atoms with Gasteiger partial charge in [-0.25, -0.2) is 0 Å². The maximum absolute atomic E-state index is 14.7. The standard InChI is InChI=1S/C26H41B2F3N4O5/c1-21(2)22(3,4)38-27(37-21)20-14-33-35(16-20)18-24(7,26(29,30)31)17-25(8)23(5,6)39-28(40-25)19-13-32-34(15-19)11-10-12-36-9/h13-16H,10-12,17-18H2,1-9H3. The van der Waals surface area contributed by atoms with Gasteiger partial charge in [-0.2, -0.15) is 23.4 Å². The van der Waals surface area contributed by atoms with Gasteiger partial charge in [0.25, 0.3) is 0 Å². The highest BCUT2D eigenvalue weighted by Gasteiger charge is 2.62. The third kappa shape index (κ3) is 5.88. The van der Waals surface area contributed by atoms with E-state index in [0.29, 0.717) is 24.1 Å². The highest BCUT2D eigenvalue weighted by molar-refractivity contribution is 6.62. The summed E-state index contributed by atoms with van der Waals surface area (Å²) in [6.45, 7) is 14.9. The fraction of sp³-hybridized carbons (Fsp3) is 0.769. The number of nitrogens with zero attached hydrogens (tertiary/aromatic N) is 4. The van der Waals surface area contributed by atoms with Crippen molar-refractivity contribution in [3.63, 3.8) is 0 Å². The van der Waals surface area contributed by atoms with E-state index in [-0.39, 0.29) is 6.42 Å². The van der Waals surface area contributed by atoms with E-state index in [2.05, 4.69) is 10.2 Å². The molecule has 222 valence electrons. The number of hydrogen-bond acceptors (Lipinski definition) is 7. The van der Waals surface area contributed by atoms with Crippen LogP contribution in [0.4, 0.5) is 13.2 Å². The summed E-state index contributed by atoms with van der Waals surface area (Å²) in [7, 11) is 0.0839. The number of halogens is 3. The lowest BCUT2D eigenvalue weighted by molar-refractivity contribution is -0.241. The minimum atomic E-state index is -4.55. The molecule has 0 bridgehead atoms. The second kappa shape index (κ2) is 10.4. The van der Waals surface area contributed by atoms with E-state index in [1.165, 1.54) is 17.8 Å². The van der Waals surface area contributed by atoms with Gasteiger partial charge in [0.1, 0.15) is 0 Å². The van der Waals surface area contributed by atoms with Gasteiger partial charge in [-0.1, -0.05) is 0 Å². The molecule has 4 heterocycles.